The van der Waals surface area contributed by atoms with E-state index < -0.39 is 23.7 Å². The van der Waals surface area contributed by atoms with Crippen LogP contribution in [0.15, 0.2) is 77.9 Å². The highest BCUT2D eigenvalue weighted by Gasteiger charge is 2.25. The summed E-state index contributed by atoms with van der Waals surface area (Å²) in [7, 11) is 0. The van der Waals surface area contributed by atoms with E-state index in [4.69, 9.17) is 4.74 Å². The zero-order valence-corrected chi connectivity index (χ0v) is 19.4. The van der Waals surface area contributed by atoms with Crippen molar-refractivity contribution in [3.8, 4) is 5.75 Å². The Morgan fingerprint density at radius 2 is 1.76 bits per heavy atom. The molecule has 0 aliphatic carbocycles. The van der Waals surface area contributed by atoms with Crippen LogP contribution in [-0.4, -0.2) is 24.1 Å². The summed E-state index contributed by atoms with van der Waals surface area (Å²) >= 11 is 0. The maximum atomic E-state index is 13.9. The molecule has 3 rings (SSSR count). The van der Waals surface area contributed by atoms with E-state index in [1.165, 1.54) is 30.0 Å². The second kappa shape index (κ2) is 11.7. The summed E-state index contributed by atoms with van der Waals surface area (Å²) in [6.45, 7) is 6.08. The van der Waals surface area contributed by atoms with Crippen molar-refractivity contribution in [1.82, 2.24) is 10.7 Å². The number of hydrogen-bond acceptors (Lipinski definition) is 4. The molecular weight excluding hydrogens is 433 g/mol. The van der Waals surface area contributed by atoms with Gasteiger partial charge in [-0.2, -0.15) is 5.10 Å². The monoisotopic (exact) mass is 461 g/mol. The zero-order valence-electron chi connectivity index (χ0n) is 19.4. The van der Waals surface area contributed by atoms with Crippen LogP contribution in [-0.2, 0) is 11.4 Å². The molecule has 0 spiro atoms. The summed E-state index contributed by atoms with van der Waals surface area (Å²) in [5, 5.41) is 6.56. The third kappa shape index (κ3) is 7.00. The standard InChI is InChI=1S/C27H28FN3O3/c1-18(2)25(30-26(32)23-9-4-5-10-24(23)28)27(33)31-29-16-20-11-13-22(14-12-20)34-17-21-8-6-7-19(3)15-21/h4-16,18,25H,17H2,1-3H3,(H,30,32)(H,31,33)/b29-16+. The number of carbonyl (C=O) groups excluding carboxylic acids is 2. The van der Waals surface area contributed by atoms with Crippen molar-refractivity contribution < 1.29 is 18.7 Å². The maximum absolute atomic E-state index is 13.9. The van der Waals surface area contributed by atoms with Crippen molar-refractivity contribution in [2.75, 3.05) is 0 Å². The Labute approximate surface area is 198 Å². The van der Waals surface area contributed by atoms with Gasteiger partial charge in [0.1, 0.15) is 24.2 Å². The van der Waals surface area contributed by atoms with Gasteiger partial charge in [-0.15, -0.1) is 0 Å². The van der Waals surface area contributed by atoms with Gasteiger partial charge in [0.05, 0.1) is 11.8 Å². The summed E-state index contributed by atoms with van der Waals surface area (Å²) in [5.74, 6) is -1.30. The largest absolute Gasteiger partial charge is 0.489 e. The van der Waals surface area contributed by atoms with Crippen LogP contribution >= 0.6 is 0 Å². The molecule has 0 radical (unpaired) electrons. The van der Waals surface area contributed by atoms with E-state index in [2.05, 4.69) is 21.9 Å². The number of amides is 2. The number of benzene rings is 3. The highest BCUT2D eigenvalue weighted by atomic mass is 19.1. The average Bonchev–Trinajstić information content (AvgIpc) is 2.82. The van der Waals surface area contributed by atoms with Crippen LogP contribution < -0.4 is 15.5 Å². The summed E-state index contributed by atoms with van der Waals surface area (Å²) in [4.78, 5) is 25.0. The highest BCUT2D eigenvalue weighted by Crippen LogP contribution is 2.14. The average molecular weight is 462 g/mol. The first-order chi connectivity index (χ1) is 16.3. The fourth-order valence-electron chi connectivity index (χ4n) is 3.26. The highest BCUT2D eigenvalue weighted by molar-refractivity contribution is 5.98. The smallest absolute Gasteiger partial charge is 0.262 e. The molecule has 0 aliphatic rings. The molecule has 1 unspecified atom stereocenters. The third-order valence-corrected chi connectivity index (χ3v) is 5.11. The number of halogens is 1. The lowest BCUT2D eigenvalue weighted by Gasteiger charge is -2.20. The molecule has 0 heterocycles. The number of rotatable bonds is 9. The fourth-order valence-corrected chi connectivity index (χ4v) is 3.26. The van der Waals surface area contributed by atoms with Crippen LogP contribution in [0.1, 0.15) is 40.9 Å². The molecule has 6 nitrogen and oxygen atoms in total. The first-order valence-electron chi connectivity index (χ1n) is 11.0. The molecule has 0 fully saturated rings. The van der Waals surface area contributed by atoms with E-state index >= 15 is 0 Å². The van der Waals surface area contributed by atoms with Gasteiger partial charge in [-0.25, -0.2) is 9.82 Å². The predicted molar refractivity (Wildman–Crippen MR) is 130 cm³/mol. The van der Waals surface area contributed by atoms with Gasteiger partial charge in [-0.1, -0.05) is 55.8 Å². The van der Waals surface area contributed by atoms with Crippen molar-refractivity contribution in [3.05, 3.63) is 101 Å². The molecule has 0 bridgehead atoms. The SMILES string of the molecule is Cc1cccc(COc2ccc(/C=N/NC(=O)C(NC(=O)c3ccccc3F)C(C)C)cc2)c1. The first-order valence-corrected chi connectivity index (χ1v) is 11.0. The van der Waals surface area contributed by atoms with Crippen LogP contribution in [0.3, 0.4) is 0 Å². The van der Waals surface area contributed by atoms with Crippen molar-refractivity contribution in [1.29, 1.82) is 0 Å². The van der Waals surface area contributed by atoms with Gasteiger partial charge in [-0.05, 0) is 60.4 Å². The van der Waals surface area contributed by atoms with Crippen LogP contribution in [0.25, 0.3) is 0 Å². The Bertz CT molecular complexity index is 1160. The summed E-state index contributed by atoms with van der Waals surface area (Å²) in [6.07, 6.45) is 1.50. The lowest BCUT2D eigenvalue weighted by atomic mass is 10.0. The van der Waals surface area contributed by atoms with Gasteiger partial charge >= 0.3 is 0 Å². The van der Waals surface area contributed by atoms with Gasteiger partial charge in [0.2, 0.25) is 0 Å². The van der Waals surface area contributed by atoms with Crippen LogP contribution in [0, 0.1) is 18.7 Å². The van der Waals surface area contributed by atoms with E-state index in [9.17, 15) is 14.0 Å². The summed E-state index contributed by atoms with van der Waals surface area (Å²) in [6, 6.07) is 20.2. The molecule has 3 aromatic carbocycles. The van der Waals surface area contributed by atoms with E-state index in [0.29, 0.717) is 6.61 Å². The van der Waals surface area contributed by atoms with Gasteiger partial charge in [0.15, 0.2) is 0 Å². The molecule has 2 N–H and O–H groups in total. The molecule has 7 heteroatoms. The lowest BCUT2D eigenvalue weighted by Crippen LogP contribution is -2.48. The Hall–Kier alpha value is -4.00. The summed E-state index contributed by atoms with van der Waals surface area (Å²) < 4.78 is 19.7. The van der Waals surface area contributed by atoms with Gasteiger partial charge in [-0.3, -0.25) is 9.59 Å². The van der Waals surface area contributed by atoms with E-state index in [1.807, 2.05) is 49.4 Å². The second-order valence-corrected chi connectivity index (χ2v) is 8.26. The van der Waals surface area contributed by atoms with Gasteiger partial charge < -0.3 is 10.1 Å². The lowest BCUT2D eigenvalue weighted by molar-refractivity contribution is -0.123. The number of nitrogens with zero attached hydrogens (tertiary/aromatic N) is 1. The Balaban J connectivity index is 1.54. The van der Waals surface area contributed by atoms with Crippen LogP contribution in [0.2, 0.25) is 0 Å². The minimum absolute atomic E-state index is 0.117. The first kappa shape index (κ1) is 24.6. The Kier molecular flexibility index (Phi) is 8.51. The minimum Gasteiger partial charge on any atom is -0.489 e. The number of aryl methyl sites for hydroxylation is 1. The Morgan fingerprint density at radius 3 is 2.44 bits per heavy atom. The Morgan fingerprint density at radius 1 is 1.03 bits per heavy atom. The van der Waals surface area contributed by atoms with Crippen molar-refractivity contribution in [3.63, 3.8) is 0 Å². The molecule has 3 aromatic rings. The maximum Gasteiger partial charge on any atom is 0.262 e. The predicted octanol–water partition coefficient (Wildman–Crippen LogP) is 4.62. The molecule has 0 aliphatic heterocycles. The molecule has 0 aromatic heterocycles. The van der Waals surface area contributed by atoms with Crippen LogP contribution in [0.4, 0.5) is 4.39 Å². The van der Waals surface area contributed by atoms with E-state index in [-0.39, 0.29) is 11.5 Å². The van der Waals surface area contributed by atoms with Crippen molar-refractivity contribution in [2.24, 2.45) is 11.0 Å². The molecule has 2 amide bonds. The van der Waals surface area contributed by atoms with E-state index in [1.54, 1.807) is 19.9 Å². The molecular formula is C27H28FN3O3. The van der Waals surface area contributed by atoms with Gasteiger partial charge in [0, 0.05) is 0 Å². The molecule has 0 saturated heterocycles. The number of hydrazone groups is 1. The van der Waals surface area contributed by atoms with Crippen molar-refractivity contribution >= 4 is 18.0 Å². The number of nitrogens with one attached hydrogen (secondary N) is 2. The zero-order chi connectivity index (χ0) is 24.5. The number of carbonyl (C=O) groups is 2. The molecule has 34 heavy (non-hydrogen) atoms. The normalized spacial score (nSPS) is 11.9. The molecule has 0 saturated carbocycles. The fraction of sp³-hybridized carbons (Fsp3) is 0.222. The molecule has 176 valence electrons. The minimum atomic E-state index is -0.873. The quantitative estimate of drug-likeness (QED) is 0.361. The van der Waals surface area contributed by atoms with Gasteiger partial charge in [0.25, 0.3) is 11.8 Å². The van der Waals surface area contributed by atoms with Crippen molar-refractivity contribution in [2.45, 2.75) is 33.4 Å². The summed E-state index contributed by atoms with van der Waals surface area (Å²) in [5.41, 5.74) is 5.36. The second-order valence-electron chi connectivity index (χ2n) is 8.26. The number of ether oxygens (including phenoxy) is 1. The van der Waals surface area contributed by atoms with Crippen LogP contribution in [0.5, 0.6) is 5.75 Å². The topological polar surface area (TPSA) is 79.8 Å². The molecule has 1 atom stereocenters. The third-order valence-electron chi connectivity index (χ3n) is 5.11. The number of hydrogen-bond donors (Lipinski definition) is 2. The van der Waals surface area contributed by atoms with E-state index in [0.717, 1.165) is 16.9 Å².